The van der Waals surface area contributed by atoms with Crippen LogP contribution in [0.1, 0.15) is 12.8 Å². The minimum Gasteiger partial charge on any atom is -0.319 e. The van der Waals surface area contributed by atoms with Crippen LogP contribution in [0.25, 0.3) is 0 Å². The summed E-state index contributed by atoms with van der Waals surface area (Å²) in [5, 5.41) is 3.19. The highest BCUT2D eigenvalue weighted by Gasteiger charge is 2.19. The van der Waals surface area contributed by atoms with Crippen LogP contribution >= 0.6 is 0 Å². The lowest BCUT2D eigenvalue weighted by Gasteiger charge is -2.29. The van der Waals surface area contributed by atoms with Gasteiger partial charge in [-0.05, 0) is 32.4 Å². The van der Waals surface area contributed by atoms with Crippen molar-refractivity contribution in [3.63, 3.8) is 0 Å². The summed E-state index contributed by atoms with van der Waals surface area (Å²) in [5.41, 5.74) is 0. The molecule has 0 aromatic carbocycles. The third-order valence-electron chi connectivity index (χ3n) is 2.43. The van der Waals surface area contributed by atoms with E-state index in [0.29, 0.717) is 0 Å². The number of nitrogens with zero attached hydrogens (tertiary/aromatic N) is 1. The average Bonchev–Trinajstić information content (AvgIpc) is 2.06. The van der Waals surface area contributed by atoms with E-state index in [9.17, 15) is 4.21 Å². The van der Waals surface area contributed by atoms with Crippen LogP contribution in [0.2, 0.25) is 0 Å². The fourth-order valence-electron chi connectivity index (χ4n) is 1.66. The first-order valence-electron chi connectivity index (χ1n) is 4.47. The van der Waals surface area contributed by atoms with Crippen molar-refractivity contribution >= 4 is 11.0 Å². The molecule has 1 N–H and O–H groups in total. The molecule has 0 radical (unpaired) electrons. The lowest BCUT2D eigenvalue weighted by Crippen LogP contribution is -2.37. The molecule has 12 heavy (non-hydrogen) atoms. The van der Waals surface area contributed by atoms with E-state index in [2.05, 4.69) is 5.32 Å². The van der Waals surface area contributed by atoms with E-state index in [0.717, 1.165) is 25.6 Å². The molecule has 0 aromatic rings. The second-order valence-electron chi connectivity index (χ2n) is 3.35. The number of nitrogens with one attached hydrogen (secondary N) is 1. The highest BCUT2D eigenvalue weighted by atomic mass is 32.2. The Labute approximate surface area is 77.1 Å². The van der Waals surface area contributed by atoms with Crippen LogP contribution in [0.15, 0.2) is 0 Å². The van der Waals surface area contributed by atoms with Gasteiger partial charge in [0, 0.05) is 19.3 Å². The van der Waals surface area contributed by atoms with Gasteiger partial charge < -0.3 is 5.32 Å². The van der Waals surface area contributed by atoms with Crippen molar-refractivity contribution in [2.75, 3.05) is 32.9 Å². The third kappa shape index (κ3) is 2.84. The second kappa shape index (κ2) is 4.94. The largest absolute Gasteiger partial charge is 0.319 e. The molecular formula is C8H18N2OS. The Kier molecular flexibility index (Phi) is 4.18. The minimum atomic E-state index is -0.758. The third-order valence-corrected chi connectivity index (χ3v) is 3.52. The Morgan fingerprint density at radius 2 is 2.08 bits per heavy atom. The zero-order valence-corrected chi connectivity index (χ0v) is 8.69. The van der Waals surface area contributed by atoms with Crippen molar-refractivity contribution in [3.05, 3.63) is 0 Å². The maximum atomic E-state index is 11.1. The fraction of sp³-hybridized carbons (Fsp3) is 1.00. The molecule has 1 unspecified atom stereocenters. The summed E-state index contributed by atoms with van der Waals surface area (Å²) in [5.74, 6) is 0.787. The van der Waals surface area contributed by atoms with Gasteiger partial charge in [-0.1, -0.05) is 0 Å². The molecule has 1 rings (SSSR count). The zero-order valence-electron chi connectivity index (χ0n) is 7.88. The van der Waals surface area contributed by atoms with Crippen molar-refractivity contribution in [1.82, 2.24) is 9.62 Å². The molecule has 1 atom stereocenters. The average molecular weight is 190 g/mol. The predicted octanol–water partition coefficient (Wildman–Crippen LogP) is 0.211. The van der Waals surface area contributed by atoms with E-state index in [1.165, 1.54) is 12.8 Å². The molecule has 4 heteroatoms. The van der Waals surface area contributed by atoms with Crippen molar-refractivity contribution in [1.29, 1.82) is 0 Å². The van der Waals surface area contributed by atoms with E-state index in [1.54, 1.807) is 6.26 Å². The summed E-state index contributed by atoms with van der Waals surface area (Å²) < 4.78 is 13.1. The topological polar surface area (TPSA) is 32.3 Å². The molecule has 3 nitrogen and oxygen atoms in total. The molecule has 0 aliphatic carbocycles. The second-order valence-corrected chi connectivity index (χ2v) is 4.72. The van der Waals surface area contributed by atoms with Gasteiger partial charge in [-0.25, -0.2) is 8.51 Å². The lowest BCUT2D eigenvalue weighted by molar-refractivity contribution is 0.281. The van der Waals surface area contributed by atoms with E-state index in [4.69, 9.17) is 0 Å². The van der Waals surface area contributed by atoms with Crippen LogP contribution in [-0.2, 0) is 11.0 Å². The normalized spacial score (nSPS) is 24.2. The van der Waals surface area contributed by atoms with Gasteiger partial charge in [-0.2, -0.15) is 0 Å². The summed E-state index contributed by atoms with van der Waals surface area (Å²) >= 11 is 0. The Balaban J connectivity index is 2.25. The van der Waals surface area contributed by atoms with E-state index >= 15 is 0 Å². The predicted molar refractivity (Wildman–Crippen MR) is 52.3 cm³/mol. The number of rotatable bonds is 3. The molecule has 0 amide bonds. The van der Waals surface area contributed by atoms with Crippen LogP contribution < -0.4 is 5.32 Å². The molecule has 0 spiro atoms. The van der Waals surface area contributed by atoms with Gasteiger partial charge in [0.2, 0.25) is 0 Å². The summed E-state index contributed by atoms with van der Waals surface area (Å²) in [6, 6.07) is 0. The quantitative estimate of drug-likeness (QED) is 0.690. The van der Waals surface area contributed by atoms with Gasteiger partial charge in [0.25, 0.3) is 0 Å². The van der Waals surface area contributed by atoms with Gasteiger partial charge >= 0.3 is 0 Å². The molecule has 72 valence electrons. The summed E-state index contributed by atoms with van der Waals surface area (Å²) in [6.07, 6.45) is 4.12. The van der Waals surface area contributed by atoms with Crippen LogP contribution in [0.4, 0.5) is 0 Å². The number of piperidine rings is 1. The van der Waals surface area contributed by atoms with E-state index < -0.39 is 11.0 Å². The highest BCUT2D eigenvalue weighted by Crippen LogP contribution is 2.16. The highest BCUT2D eigenvalue weighted by molar-refractivity contribution is 7.81. The van der Waals surface area contributed by atoms with Gasteiger partial charge in [-0.15, -0.1) is 0 Å². The molecule has 0 aromatic heterocycles. The molecule has 0 saturated carbocycles. The standard InChI is InChI=1S/C8H18N2OS/c1-9-7-8-3-5-10(6-4-8)12(2)11/h8-9H,3-7H2,1-2H3. The van der Waals surface area contributed by atoms with Gasteiger partial charge in [-0.3, -0.25) is 0 Å². The monoisotopic (exact) mass is 190 g/mol. The Hall–Kier alpha value is 0.0700. The smallest absolute Gasteiger partial charge is 0.0910 e. The first-order chi connectivity index (χ1) is 5.74. The lowest BCUT2D eigenvalue weighted by atomic mass is 9.98. The summed E-state index contributed by atoms with van der Waals surface area (Å²) in [6.45, 7) is 3.09. The number of hydrogen-bond acceptors (Lipinski definition) is 2. The van der Waals surface area contributed by atoms with E-state index in [1.807, 2.05) is 11.4 Å². The van der Waals surface area contributed by atoms with Gasteiger partial charge in [0.05, 0.1) is 11.0 Å². The molecule has 1 heterocycles. The first-order valence-corrected chi connectivity index (χ1v) is 5.98. The van der Waals surface area contributed by atoms with Crippen molar-refractivity contribution < 1.29 is 4.21 Å². The molecule has 0 bridgehead atoms. The van der Waals surface area contributed by atoms with Crippen LogP contribution in [-0.4, -0.2) is 41.5 Å². The summed E-state index contributed by atoms with van der Waals surface area (Å²) in [7, 11) is 1.23. The van der Waals surface area contributed by atoms with Gasteiger partial charge in [0.1, 0.15) is 0 Å². The maximum Gasteiger partial charge on any atom is 0.0910 e. The molecule has 1 aliphatic heterocycles. The Morgan fingerprint density at radius 1 is 1.50 bits per heavy atom. The summed E-state index contributed by atoms with van der Waals surface area (Å²) in [4.78, 5) is 0. The maximum absolute atomic E-state index is 11.1. The molecule has 1 aliphatic rings. The van der Waals surface area contributed by atoms with Crippen LogP contribution in [0.3, 0.4) is 0 Å². The van der Waals surface area contributed by atoms with Gasteiger partial charge in [0.15, 0.2) is 0 Å². The van der Waals surface area contributed by atoms with Crippen LogP contribution in [0, 0.1) is 5.92 Å². The first kappa shape index (κ1) is 10.2. The van der Waals surface area contributed by atoms with E-state index in [-0.39, 0.29) is 0 Å². The zero-order chi connectivity index (χ0) is 8.97. The Bertz CT molecular complexity index is 155. The molecular weight excluding hydrogens is 172 g/mol. The molecule has 1 saturated heterocycles. The Morgan fingerprint density at radius 3 is 2.50 bits per heavy atom. The minimum absolute atomic E-state index is 0.758. The number of hydrogen-bond donors (Lipinski definition) is 1. The SMILES string of the molecule is CNCC1CCN(S(C)=O)CC1. The van der Waals surface area contributed by atoms with Crippen LogP contribution in [0.5, 0.6) is 0 Å². The van der Waals surface area contributed by atoms with Crippen molar-refractivity contribution in [2.45, 2.75) is 12.8 Å². The fourth-order valence-corrected chi connectivity index (χ4v) is 2.38. The molecule has 1 fully saturated rings. The van der Waals surface area contributed by atoms with Crippen molar-refractivity contribution in [2.24, 2.45) is 5.92 Å². The van der Waals surface area contributed by atoms with Crippen molar-refractivity contribution in [3.8, 4) is 0 Å².